The first-order valence-corrected chi connectivity index (χ1v) is 7.07. The van der Waals surface area contributed by atoms with Gasteiger partial charge in [-0.2, -0.15) is 0 Å². The molecule has 21 heavy (non-hydrogen) atoms. The van der Waals surface area contributed by atoms with E-state index < -0.39 is 6.10 Å². The van der Waals surface area contributed by atoms with E-state index in [2.05, 4.69) is 5.32 Å². The fourth-order valence-corrected chi connectivity index (χ4v) is 2.39. The number of esters is 1. The van der Waals surface area contributed by atoms with Crippen molar-refractivity contribution in [2.24, 2.45) is 0 Å². The van der Waals surface area contributed by atoms with E-state index in [0.717, 1.165) is 22.4 Å². The van der Waals surface area contributed by atoms with Gasteiger partial charge in [0.25, 0.3) is 0 Å². The predicted octanol–water partition coefficient (Wildman–Crippen LogP) is 1.89. The average molecular weight is 295 g/mol. The van der Waals surface area contributed by atoms with Gasteiger partial charge in [-0.1, -0.05) is 6.92 Å². The molecule has 0 saturated heterocycles. The quantitative estimate of drug-likeness (QED) is 0.752. The number of aryl methyl sites for hydroxylation is 2. The van der Waals surface area contributed by atoms with Gasteiger partial charge in [-0.25, -0.2) is 0 Å². The molecule has 118 valence electrons. The molecule has 0 spiro atoms. The van der Waals surface area contributed by atoms with E-state index >= 15 is 0 Å². The number of likely N-dealkylation sites (N-methyl/N-ethyl adjacent to an activating group) is 1. The number of carbonyl (C=O) groups excluding carboxylic acids is 1. The zero-order chi connectivity index (χ0) is 16.0. The van der Waals surface area contributed by atoms with Gasteiger partial charge in [0.2, 0.25) is 0 Å². The Balaban J connectivity index is 3.05. The number of methoxy groups -OCH3 is 2. The summed E-state index contributed by atoms with van der Waals surface area (Å²) in [6.07, 6.45) is -0.663. The number of aliphatic hydroxyl groups excluding tert-OH is 1. The number of benzene rings is 1. The maximum absolute atomic E-state index is 11.5. The molecule has 0 aliphatic heterocycles. The molecule has 1 aromatic carbocycles. The van der Waals surface area contributed by atoms with E-state index in [-0.39, 0.29) is 18.4 Å². The van der Waals surface area contributed by atoms with Crippen LogP contribution >= 0.6 is 0 Å². The maximum atomic E-state index is 11.5. The molecule has 0 heterocycles. The van der Waals surface area contributed by atoms with E-state index in [9.17, 15) is 9.90 Å². The first kappa shape index (κ1) is 17.5. The Bertz CT molecular complexity index is 487. The molecule has 1 aromatic rings. The molecule has 0 bridgehead atoms. The first-order chi connectivity index (χ1) is 9.94. The highest BCUT2D eigenvalue weighted by molar-refractivity contribution is 5.70. The minimum Gasteiger partial charge on any atom is -0.496 e. The van der Waals surface area contributed by atoms with Gasteiger partial charge in [-0.15, -0.1) is 0 Å². The smallest absolute Gasteiger partial charge is 0.307 e. The third-order valence-corrected chi connectivity index (χ3v) is 3.56. The number of hydrogen-bond donors (Lipinski definition) is 2. The van der Waals surface area contributed by atoms with Gasteiger partial charge in [0.15, 0.2) is 0 Å². The summed E-state index contributed by atoms with van der Waals surface area (Å²) in [5.74, 6) is 0.444. The maximum Gasteiger partial charge on any atom is 0.307 e. The van der Waals surface area contributed by atoms with Crippen LogP contribution < -0.4 is 10.1 Å². The molecule has 0 aliphatic carbocycles. The van der Waals surface area contributed by atoms with Crippen molar-refractivity contribution in [2.75, 3.05) is 20.8 Å². The highest BCUT2D eigenvalue weighted by Crippen LogP contribution is 2.29. The Morgan fingerprint density at radius 2 is 1.95 bits per heavy atom. The molecule has 2 N–H and O–H groups in total. The molecule has 0 amide bonds. The standard InChI is InChI=1S/C16H25NO4/c1-6-17-13(9-15(18)21-5)16(19)12-7-11(3)14(20-4)8-10(12)2/h7-8,13,16-17,19H,6,9H2,1-5H3. The average Bonchev–Trinajstić information content (AvgIpc) is 2.47. The third-order valence-electron chi connectivity index (χ3n) is 3.56. The van der Waals surface area contributed by atoms with Gasteiger partial charge in [-0.05, 0) is 49.2 Å². The Hall–Kier alpha value is -1.59. The molecule has 2 atom stereocenters. The summed E-state index contributed by atoms with van der Waals surface area (Å²) >= 11 is 0. The van der Waals surface area contributed by atoms with Gasteiger partial charge in [0, 0.05) is 6.04 Å². The second-order valence-corrected chi connectivity index (χ2v) is 5.07. The van der Waals surface area contributed by atoms with Crippen molar-refractivity contribution in [3.05, 3.63) is 28.8 Å². The van der Waals surface area contributed by atoms with Crippen LogP contribution in [0.5, 0.6) is 5.75 Å². The highest BCUT2D eigenvalue weighted by atomic mass is 16.5. The zero-order valence-electron chi connectivity index (χ0n) is 13.4. The van der Waals surface area contributed by atoms with Gasteiger partial charge in [0.1, 0.15) is 5.75 Å². The van der Waals surface area contributed by atoms with E-state index in [1.165, 1.54) is 7.11 Å². The second-order valence-electron chi connectivity index (χ2n) is 5.07. The Morgan fingerprint density at radius 3 is 2.48 bits per heavy atom. The van der Waals surface area contributed by atoms with Crippen molar-refractivity contribution in [1.29, 1.82) is 0 Å². The lowest BCUT2D eigenvalue weighted by Gasteiger charge is -2.25. The largest absolute Gasteiger partial charge is 0.496 e. The molecular formula is C16H25NO4. The summed E-state index contributed by atoms with van der Waals surface area (Å²) < 4.78 is 9.97. The van der Waals surface area contributed by atoms with E-state index in [1.807, 2.05) is 32.9 Å². The summed E-state index contributed by atoms with van der Waals surface area (Å²) in [5, 5.41) is 13.8. The van der Waals surface area contributed by atoms with Gasteiger partial charge in [0.05, 0.1) is 26.7 Å². The van der Waals surface area contributed by atoms with Gasteiger partial charge < -0.3 is 19.9 Å². The summed E-state index contributed by atoms with van der Waals surface area (Å²) in [4.78, 5) is 11.5. The zero-order valence-corrected chi connectivity index (χ0v) is 13.4. The first-order valence-electron chi connectivity index (χ1n) is 7.07. The van der Waals surface area contributed by atoms with E-state index in [4.69, 9.17) is 9.47 Å². The number of carbonyl (C=O) groups is 1. The summed E-state index contributed by atoms with van der Waals surface area (Å²) in [5.41, 5.74) is 2.67. The molecule has 5 heteroatoms. The van der Waals surface area contributed by atoms with Crippen LogP contribution in [0.2, 0.25) is 0 Å². The SMILES string of the molecule is CCNC(CC(=O)OC)C(O)c1cc(C)c(OC)cc1C. The number of ether oxygens (including phenoxy) is 2. The number of rotatable bonds is 7. The minimum absolute atomic E-state index is 0.121. The van der Waals surface area contributed by atoms with Crippen LogP contribution in [0.25, 0.3) is 0 Å². The molecule has 0 aliphatic rings. The summed E-state index contributed by atoms with van der Waals surface area (Å²) in [6.45, 7) is 6.44. The Kier molecular flexibility index (Phi) is 6.65. The lowest BCUT2D eigenvalue weighted by molar-refractivity contribution is -0.142. The normalized spacial score (nSPS) is 13.6. The van der Waals surface area contributed by atoms with E-state index in [0.29, 0.717) is 6.54 Å². The van der Waals surface area contributed by atoms with Crippen molar-refractivity contribution in [1.82, 2.24) is 5.32 Å². The summed E-state index contributed by atoms with van der Waals surface area (Å²) in [7, 11) is 2.97. The minimum atomic E-state index is -0.784. The van der Waals surface area contributed by atoms with Crippen LogP contribution in [0.3, 0.4) is 0 Å². The molecule has 1 rings (SSSR count). The third kappa shape index (κ3) is 4.44. The van der Waals surface area contributed by atoms with Gasteiger partial charge in [-0.3, -0.25) is 4.79 Å². The fraction of sp³-hybridized carbons (Fsp3) is 0.562. The van der Waals surface area contributed by atoms with Crippen molar-refractivity contribution in [3.8, 4) is 5.75 Å². The second kappa shape index (κ2) is 8.00. The number of nitrogens with one attached hydrogen (secondary N) is 1. The Morgan fingerprint density at radius 1 is 1.29 bits per heavy atom. The topological polar surface area (TPSA) is 67.8 Å². The predicted molar refractivity (Wildman–Crippen MR) is 81.5 cm³/mol. The van der Waals surface area contributed by atoms with Crippen LogP contribution in [0, 0.1) is 13.8 Å². The highest BCUT2D eigenvalue weighted by Gasteiger charge is 2.25. The molecule has 0 fully saturated rings. The van der Waals surface area contributed by atoms with E-state index in [1.54, 1.807) is 7.11 Å². The lowest BCUT2D eigenvalue weighted by Crippen LogP contribution is -2.37. The van der Waals surface area contributed by atoms with Crippen molar-refractivity contribution >= 4 is 5.97 Å². The van der Waals surface area contributed by atoms with Crippen LogP contribution in [-0.2, 0) is 9.53 Å². The molecule has 0 saturated carbocycles. The van der Waals surface area contributed by atoms with Crippen molar-refractivity contribution in [2.45, 2.75) is 39.3 Å². The number of aliphatic hydroxyl groups is 1. The molecule has 2 unspecified atom stereocenters. The Labute approximate surface area is 126 Å². The van der Waals surface area contributed by atoms with Crippen LogP contribution in [0.1, 0.15) is 36.1 Å². The van der Waals surface area contributed by atoms with Crippen LogP contribution in [-0.4, -0.2) is 37.9 Å². The van der Waals surface area contributed by atoms with Crippen molar-refractivity contribution in [3.63, 3.8) is 0 Å². The fourth-order valence-electron chi connectivity index (χ4n) is 2.39. The number of hydrogen-bond acceptors (Lipinski definition) is 5. The van der Waals surface area contributed by atoms with Crippen LogP contribution in [0.4, 0.5) is 0 Å². The lowest BCUT2D eigenvalue weighted by atomic mass is 9.94. The monoisotopic (exact) mass is 295 g/mol. The van der Waals surface area contributed by atoms with Gasteiger partial charge >= 0.3 is 5.97 Å². The summed E-state index contributed by atoms with van der Waals surface area (Å²) in [6, 6.07) is 3.42. The molecule has 0 aromatic heterocycles. The molecule has 5 nitrogen and oxygen atoms in total. The molecule has 0 radical (unpaired) electrons. The molecular weight excluding hydrogens is 270 g/mol. The van der Waals surface area contributed by atoms with Crippen molar-refractivity contribution < 1.29 is 19.4 Å². The van der Waals surface area contributed by atoms with Crippen LogP contribution in [0.15, 0.2) is 12.1 Å².